The van der Waals surface area contributed by atoms with Crippen molar-refractivity contribution in [3.63, 3.8) is 0 Å². The monoisotopic (exact) mass is 393 g/mol. The zero-order valence-electron chi connectivity index (χ0n) is 16.3. The molecule has 1 aliphatic rings. The molecule has 5 heteroatoms. The SMILES string of the molecule is COc1cccc(-c2cnc(CNC3CCN(Cc4ccccc4)CC3)s2)c1. The highest BCUT2D eigenvalue weighted by atomic mass is 32.1. The number of benzene rings is 2. The Hall–Kier alpha value is -2.21. The van der Waals surface area contributed by atoms with E-state index < -0.39 is 0 Å². The molecule has 1 aromatic heterocycles. The van der Waals surface area contributed by atoms with Crippen molar-refractivity contribution < 1.29 is 4.74 Å². The highest BCUT2D eigenvalue weighted by molar-refractivity contribution is 7.15. The van der Waals surface area contributed by atoms with Gasteiger partial charge in [-0.3, -0.25) is 4.90 Å². The maximum atomic E-state index is 5.32. The molecule has 0 bridgehead atoms. The van der Waals surface area contributed by atoms with Gasteiger partial charge in [-0.1, -0.05) is 42.5 Å². The van der Waals surface area contributed by atoms with Crippen molar-refractivity contribution in [2.24, 2.45) is 0 Å². The van der Waals surface area contributed by atoms with E-state index in [9.17, 15) is 0 Å². The average Bonchev–Trinajstić information content (AvgIpc) is 3.23. The number of likely N-dealkylation sites (tertiary alicyclic amines) is 1. The lowest BCUT2D eigenvalue weighted by atomic mass is 10.0. The van der Waals surface area contributed by atoms with Crippen molar-refractivity contribution in [2.45, 2.75) is 32.0 Å². The molecule has 0 atom stereocenters. The van der Waals surface area contributed by atoms with Gasteiger partial charge < -0.3 is 10.1 Å². The number of nitrogens with one attached hydrogen (secondary N) is 1. The van der Waals surface area contributed by atoms with E-state index in [0.29, 0.717) is 6.04 Å². The van der Waals surface area contributed by atoms with Crippen LogP contribution in [0.1, 0.15) is 23.4 Å². The molecule has 0 spiro atoms. The summed E-state index contributed by atoms with van der Waals surface area (Å²) in [6, 6.07) is 19.5. The molecule has 0 amide bonds. The maximum absolute atomic E-state index is 5.32. The van der Waals surface area contributed by atoms with Crippen LogP contribution in [-0.4, -0.2) is 36.1 Å². The predicted molar refractivity (Wildman–Crippen MR) is 116 cm³/mol. The molecule has 0 aliphatic carbocycles. The van der Waals surface area contributed by atoms with E-state index in [1.165, 1.54) is 23.3 Å². The van der Waals surface area contributed by atoms with Gasteiger partial charge >= 0.3 is 0 Å². The fourth-order valence-corrected chi connectivity index (χ4v) is 4.54. The second kappa shape index (κ2) is 9.32. The van der Waals surface area contributed by atoms with Crippen LogP contribution in [0.5, 0.6) is 5.75 Å². The third-order valence-corrected chi connectivity index (χ3v) is 6.33. The number of thiazole rings is 1. The number of piperidine rings is 1. The zero-order valence-corrected chi connectivity index (χ0v) is 17.1. The lowest BCUT2D eigenvalue weighted by Crippen LogP contribution is -2.41. The van der Waals surface area contributed by atoms with Crippen molar-refractivity contribution in [3.8, 4) is 16.2 Å². The molecule has 4 nitrogen and oxygen atoms in total. The summed E-state index contributed by atoms with van der Waals surface area (Å²) in [7, 11) is 1.70. The smallest absolute Gasteiger partial charge is 0.119 e. The normalized spacial score (nSPS) is 15.6. The molecular formula is C23H27N3OS. The third kappa shape index (κ3) is 4.98. The van der Waals surface area contributed by atoms with Crippen LogP contribution >= 0.6 is 11.3 Å². The standard InChI is InChI=1S/C23H27N3OS/c1-27-21-9-5-8-19(14-21)22-15-25-23(28-22)16-24-20-10-12-26(13-11-20)17-18-6-3-2-4-7-18/h2-9,14-15,20,24H,10-13,16-17H2,1H3. The van der Waals surface area contributed by atoms with Gasteiger partial charge in [0.15, 0.2) is 0 Å². The lowest BCUT2D eigenvalue weighted by molar-refractivity contribution is 0.190. The Balaban J connectivity index is 1.25. The van der Waals surface area contributed by atoms with Crippen LogP contribution < -0.4 is 10.1 Å². The summed E-state index contributed by atoms with van der Waals surface area (Å²) in [6.07, 6.45) is 4.36. The van der Waals surface area contributed by atoms with Crippen LogP contribution in [-0.2, 0) is 13.1 Å². The minimum atomic E-state index is 0.580. The first-order valence-corrected chi connectivity index (χ1v) is 10.7. The van der Waals surface area contributed by atoms with Crippen molar-refractivity contribution in [1.82, 2.24) is 15.2 Å². The van der Waals surface area contributed by atoms with Gasteiger partial charge in [-0.25, -0.2) is 4.98 Å². The van der Waals surface area contributed by atoms with E-state index in [-0.39, 0.29) is 0 Å². The van der Waals surface area contributed by atoms with Gasteiger partial charge in [0.05, 0.1) is 12.0 Å². The van der Waals surface area contributed by atoms with E-state index in [0.717, 1.165) is 42.5 Å². The van der Waals surface area contributed by atoms with Crippen LogP contribution in [0.4, 0.5) is 0 Å². The number of aromatic nitrogens is 1. The molecule has 146 valence electrons. The molecule has 0 saturated carbocycles. The van der Waals surface area contributed by atoms with Gasteiger partial charge in [-0.05, 0) is 49.2 Å². The number of hydrogen-bond acceptors (Lipinski definition) is 5. The first kappa shape index (κ1) is 19.1. The second-order valence-electron chi connectivity index (χ2n) is 7.27. The zero-order chi connectivity index (χ0) is 19.2. The summed E-state index contributed by atoms with van der Waals surface area (Å²) in [5.41, 5.74) is 2.57. The number of hydrogen-bond donors (Lipinski definition) is 1. The van der Waals surface area contributed by atoms with Crippen molar-refractivity contribution in [3.05, 3.63) is 71.4 Å². The molecule has 0 unspecified atom stereocenters. The van der Waals surface area contributed by atoms with Gasteiger partial charge in [0.1, 0.15) is 10.8 Å². The van der Waals surface area contributed by atoms with Crippen molar-refractivity contribution >= 4 is 11.3 Å². The van der Waals surface area contributed by atoms with Gasteiger partial charge in [0.2, 0.25) is 0 Å². The van der Waals surface area contributed by atoms with Crippen LogP contribution in [0.3, 0.4) is 0 Å². The minimum absolute atomic E-state index is 0.580. The van der Waals surface area contributed by atoms with E-state index in [1.54, 1.807) is 18.4 Å². The molecule has 1 aliphatic heterocycles. The second-order valence-corrected chi connectivity index (χ2v) is 8.38. The van der Waals surface area contributed by atoms with Crippen LogP contribution in [0, 0.1) is 0 Å². The van der Waals surface area contributed by atoms with E-state index in [2.05, 4.69) is 57.7 Å². The summed E-state index contributed by atoms with van der Waals surface area (Å²) in [5.74, 6) is 0.882. The molecule has 28 heavy (non-hydrogen) atoms. The first-order valence-electron chi connectivity index (χ1n) is 9.89. The molecule has 4 rings (SSSR count). The Morgan fingerprint density at radius 2 is 1.93 bits per heavy atom. The molecular weight excluding hydrogens is 366 g/mol. The van der Waals surface area contributed by atoms with E-state index in [4.69, 9.17) is 4.74 Å². The molecule has 2 aromatic carbocycles. The van der Waals surface area contributed by atoms with Crippen molar-refractivity contribution in [1.29, 1.82) is 0 Å². The minimum Gasteiger partial charge on any atom is -0.497 e. The number of nitrogens with zero attached hydrogens (tertiary/aromatic N) is 2. The first-order chi connectivity index (χ1) is 13.8. The third-order valence-electron chi connectivity index (χ3n) is 5.29. The highest BCUT2D eigenvalue weighted by Crippen LogP contribution is 2.29. The van der Waals surface area contributed by atoms with Gasteiger partial charge in [-0.2, -0.15) is 0 Å². The molecule has 1 N–H and O–H groups in total. The Kier molecular flexibility index (Phi) is 6.37. The topological polar surface area (TPSA) is 37.4 Å². The summed E-state index contributed by atoms with van der Waals surface area (Å²) >= 11 is 1.76. The number of methoxy groups -OCH3 is 1. The van der Waals surface area contributed by atoms with E-state index in [1.807, 2.05) is 18.3 Å². The quantitative estimate of drug-likeness (QED) is 0.638. The summed E-state index contributed by atoms with van der Waals surface area (Å²) in [6.45, 7) is 4.21. The molecule has 1 fully saturated rings. The summed E-state index contributed by atoms with van der Waals surface area (Å²) < 4.78 is 5.32. The van der Waals surface area contributed by atoms with Crippen LogP contribution in [0.25, 0.3) is 10.4 Å². The van der Waals surface area contributed by atoms with E-state index >= 15 is 0 Å². The molecule has 2 heterocycles. The van der Waals surface area contributed by atoms with Crippen LogP contribution in [0.2, 0.25) is 0 Å². The number of ether oxygens (including phenoxy) is 1. The summed E-state index contributed by atoms with van der Waals surface area (Å²) in [4.78, 5) is 8.35. The van der Waals surface area contributed by atoms with Gasteiger partial charge in [0.25, 0.3) is 0 Å². The molecule has 0 radical (unpaired) electrons. The van der Waals surface area contributed by atoms with Gasteiger partial charge in [-0.15, -0.1) is 11.3 Å². The van der Waals surface area contributed by atoms with Gasteiger partial charge in [0, 0.05) is 25.3 Å². The fourth-order valence-electron chi connectivity index (χ4n) is 3.67. The average molecular weight is 394 g/mol. The van der Waals surface area contributed by atoms with Crippen LogP contribution in [0.15, 0.2) is 60.8 Å². The highest BCUT2D eigenvalue weighted by Gasteiger charge is 2.19. The number of rotatable bonds is 7. The largest absolute Gasteiger partial charge is 0.497 e. The predicted octanol–water partition coefficient (Wildman–Crippen LogP) is 4.57. The Labute approximate surface area is 171 Å². The Bertz CT molecular complexity index is 872. The Morgan fingerprint density at radius 1 is 1.11 bits per heavy atom. The van der Waals surface area contributed by atoms with Crippen molar-refractivity contribution in [2.75, 3.05) is 20.2 Å². The summed E-state index contributed by atoms with van der Waals surface area (Å²) in [5, 5.41) is 4.85. The lowest BCUT2D eigenvalue weighted by Gasteiger charge is -2.32. The maximum Gasteiger partial charge on any atom is 0.119 e. The molecule has 3 aromatic rings. The molecule has 1 saturated heterocycles. The Morgan fingerprint density at radius 3 is 2.71 bits per heavy atom. The fraction of sp³-hybridized carbons (Fsp3) is 0.348.